The third kappa shape index (κ3) is 12.5. The zero-order chi connectivity index (χ0) is 63.2. The highest BCUT2D eigenvalue weighted by atomic mass is 16.5. The summed E-state index contributed by atoms with van der Waals surface area (Å²) in [6.07, 6.45) is 22.7. The number of hydrogen-bond acceptors (Lipinski definition) is 6. The minimum Gasteiger partial charge on any atom is -0.354 e. The Kier molecular flexibility index (Phi) is 16.6. The van der Waals surface area contributed by atoms with E-state index in [0.717, 1.165) is 76.2 Å². The first kappa shape index (κ1) is 59.0. The molecule has 2 aliphatic rings. The number of hydrogen-bond donors (Lipinski definition) is 2. The van der Waals surface area contributed by atoms with Gasteiger partial charge in [-0.3, -0.25) is 17.7 Å². The van der Waals surface area contributed by atoms with Crippen LogP contribution in [0.4, 0.5) is 0 Å². The van der Waals surface area contributed by atoms with Gasteiger partial charge in [0.25, 0.3) is 21.7 Å². The molecular weight excluding hydrogens is 1150 g/mol. The summed E-state index contributed by atoms with van der Waals surface area (Å²) in [6.45, 7) is 11.3. The zero-order valence-corrected chi connectivity index (χ0v) is 50.9. The molecule has 16 nitrogen and oxygen atoms in total. The van der Waals surface area contributed by atoms with Crippen LogP contribution < -0.4 is 21.7 Å². The first-order valence-corrected chi connectivity index (χ1v) is 30.4. The van der Waals surface area contributed by atoms with Gasteiger partial charge in [0, 0.05) is 169 Å². The largest absolute Gasteiger partial charge is 0.613 e. The molecule has 0 amide bonds. The van der Waals surface area contributed by atoms with Crippen molar-refractivity contribution >= 4 is 70.2 Å². The number of fused-ring (bicyclic) bond motifs is 8. The number of nitrogens with one attached hydrogen (secondary N) is 2. The molecule has 2 aliphatic heterocycles. The van der Waals surface area contributed by atoms with Crippen LogP contribution in [-0.4, -0.2) is 62.1 Å². The molecule has 0 fully saturated rings. The number of nitrogens with zero attached hydrogens (tertiary/aromatic N) is 6. The van der Waals surface area contributed by atoms with Crippen molar-refractivity contribution in [2.45, 2.75) is 53.9 Å². The fourth-order valence-electron chi connectivity index (χ4n) is 11.1. The minimum atomic E-state index is -0.510. The molecule has 2 N–H and O–H groups in total. The van der Waals surface area contributed by atoms with Crippen LogP contribution in [-0.2, 0) is 26.2 Å². The molecule has 0 aliphatic carbocycles. The maximum atomic E-state index is 13.7. The highest BCUT2D eigenvalue weighted by molar-refractivity contribution is 6.05. The second kappa shape index (κ2) is 26.0. The van der Waals surface area contributed by atoms with E-state index in [-0.39, 0.29) is 0 Å². The van der Waals surface area contributed by atoms with Crippen molar-refractivity contribution in [1.82, 2.24) is 38.2 Å². The minimum absolute atomic E-state index is 0.349. The van der Waals surface area contributed by atoms with Gasteiger partial charge in [0.15, 0.2) is 0 Å². The van der Waals surface area contributed by atoms with Crippen LogP contribution >= 0.6 is 0 Å². The number of H-pyrrole nitrogens is 2. The van der Waals surface area contributed by atoms with E-state index >= 15 is 0 Å². The smallest absolute Gasteiger partial charge is 0.354 e. The fourth-order valence-corrected chi connectivity index (χ4v) is 11.1. The second-order valence-electron chi connectivity index (χ2n) is 21.8. The van der Waals surface area contributed by atoms with Gasteiger partial charge in [0.1, 0.15) is 22.3 Å². The molecule has 11 aromatic rings. The van der Waals surface area contributed by atoms with Gasteiger partial charge in [0.2, 0.25) is 0 Å². The molecule has 16 heteroatoms. The fraction of sp³-hybridized carbons (Fsp3) is 0.105. The molecule has 0 unspecified atom stereocenters. The summed E-state index contributed by atoms with van der Waals surface area (Å²) in [6, 6.07) is 51.1. The normalized spacial score (nSPS) is 11.5. The molecule has 8 bridgehead atoms. The summed E-state index contributed by atoms with van der Waals surface area (Å²) >= 11 is 0. The average molecular weight is 1220 g/mol. The molecule has 0 spiro atoms. The third-order valence-corrected chi connectivity index (χ3v) is 16.1. The molecule has 7 aromatic heterocycles. The molecule has 13 rings (SSSR count). The molecular formula is C76H62N8O8+4. The number of aromatic nitrogens is 8. The lowest BCUT2D eigenvalue weighted by Gasteiger charge is -2.07. The summed E-state index contributed by atoms with van der Waals surface area (Å²) in [7, 11) is 0. The van der Waals surface area contributed by atoms with Crippen LogP contribution in [0.5, 0.6) is 0 Å². The number of aryl methyl sites for hydroxylation is 4. The lowest BCUT2D eigenvalue weighted by atomic mass is 10.0. The summed E-state index contributed by atoms with van der Waals surface area (Å²) < 4.78 is 31.2. The van der Waals surface area contributed by atoms with E-state index in [4.69, 9.17) is 27.7 Å². The average Bonchev–Trinajstić information content (AvgIpc) is 1.66. The van der Waals surface area contributed by atoms with Crippen molar-refractivity contribution in [3.8, 4) is 44.5 Å². The summed E-state index contributed by atoms with van der Waals surface area (Å²) in [5.41, 5.74) is 14.3. The van der Waals surface area contributed by atoms with Crippen molar-refractivity contribution in [2.75, 3.05) is 0 Å². The second-order valence-corrected chi connectivity index (χ2v) is 21.8. The molecule has 92 heavy (non-hydrogen) atoms. The quantitative estimate of drug-likeness (QED) is 0.114. The molecule has 0 saturated heterocycles. The van der Waals surface area contributed by atoms with Crippen molar-refractivity contribution in [2.24, 2.45) is 0 Å². The maximum absolute atomic E-state index is 13.7. The van der Waals surface area contributed by atoms with Gasteiger partial charge in [-0.05, 0) is 147 Å². The van der Waals surface area contributed by atoms with E-state index in [9.17, 15) is 19.2 Å². The van der Waals surface area contributed by atoms with Gasteiger partial charge in [-0.1, -0.05) is 48.5 Å². The number of rotatable bonds is 12. The lowest BCUT2D eigenvalue weighted by Crippen LogP contribution is -2.08. The molecule has 9 heterocycles. The van der Waals surface area contributed by atoms with E-state index in [1.165, 1.54) is 0 Å². The van der Waals surface area contributed by atoms with Gasteiger partial charge in [-0.15, -0.1) is 0 Å². The Hall–Kier alpha value is -12.0. The van der Waals surface area contributed by atoms with Crippen LogP contribution in [0.3, 0.4) is 0 Å². The Morgan fingerprint density at radius 2 is 0.511 bits per heavy atom. The summed E-state index contributed by atoms with van der Waals surface area (Å²) in [5, 5.41) is 0. The van der Waals surface area contributed by atoms with Gasteiger partial charge in [-0.25, -0.2) is 9.97 Å². The Bertz CT molecular complexity index is 4990. The van der Waals surface area contributed by atoms with Crippen molar-refractivity contribution in [1.29, 1.82) is 0 Å². The van der Waals surface area contributed by atoms with Gasteiger partial charge < -0.3 is 28.2 Å². The Morgan fingerprint density at radius 3 is 0.761 bits per heavy atom. The summed E-state index contributed by atoms with van der Waals surface area (Å²) in [5.74, 6) is -2.02. The number of aromatic amines is 2. The molecule has 4 aromatic carbocycles. The highest BCUT2D eigenvalue weighted by Gasteiger charge is 2.25. The number of pyridine rings is 4. The predicted molar refractivity (Wildman–Crippen MR) is 363 cm³/mol. The van der Waals surface area contributed by atoms with Crippen LogP contribution in [0.2, 0.25) is 0 Å². The van der Waals surface area contributed by atoms with E-state index in [2.05, 4.69) is 9.97 Å². The Morgan fingerprint density at radius 1 is 0.293 bits per heavy atom. The van der Waals surface area contributed by atoms with E-state index in [1.807, 2.05) is 193 Å². The molecule has 0 radical (unpaired) electrons. The van der Waals surface area contributed by atoms with Crippen molar-refractivity contribution in [3.63, 3.8) is 0 Å². The van der Waals surface area contributed by atoms with Crippen LogP contribution in [0.1, 0.15) is 91.9 Å². The Labute approximate surface area is 527 Å². The highest BCUT2D eigenvalue weighted by Crippen LogP contribution is 2.39. The maximum Gasteiger partial charge on any atom is 0.613 e. The van der Waals surface area contributed by atoms with E-state index in [0.29, 0.717) is 83.3 Å². The molecule has 0 atom stereocenters. The van der Waals surface area contributed by atoms with E-state index in [1.54, 1.807) is 97.1 Å². The van der Waals surface area contributed by atoms with Crippen LogP contribution in [0, 0.1) is 0 Å². The predicted octanol–water partition coefficient (Wildman–Crippen LogP) is 13.6. The van der Waals surface area contributed by atoms with Crippen molar-refractivity contribution in [3.05, 3.63) is 304 Å². The number of benzene rings is 4. The molecule has 450 valence electrons. The Balaban J connectivity index is 1.02. The van der Waals surface area contributed by atoms with E-state index < -0.39 is 23.9 Å². The topological polar surface area (TPSA) is 191 Å². The SMILES string of the molecule is CCn1ccc(=[O+]C(=O)c2ccc(-c3c4nc(c(-c5ccc(C(=O)[O+]=c6ccn(CC)cc6)cc5)c5ccc([nH]5)c(-c5ccc(C(=O)[O+]=c6ccn(CC)cc6)cc5)c5ccc([nH]5)c(-c5ccc(C(=O)[O+]=c6ccn(CC)cc6)cc5)c5nc3C=C5)C=C4)cc2)cc1. The third-order valence-electron chi connectivity index (χ3n) is 16.1. The summed E-state index contributed by atoms with van der Waals surface area (Å²) in [4.78, 5) is 73.1. The molecule has 0 saturated carbocycles. The van der Waals surface area contributed by atoms with Gasteiger partial charge >= 0.3 is 23.9 Å². The number of carbonyl (C=O) groups excluding carboxylic acids is 4. The van der Waals surface area contributed by atoms with Crippen LogP contribution in [0.15, 0.2) is 237 Å². The monoisotopic (exact) mass is 1210 g/mol. The first-order valence-electron chi connectivity index (χ1n) is 30.4. The lowest BCUT2D eigenvalue weighted by molar-refractivity contribution is 0.102. The first-order chi connectivity index (χ1) is 45.0. The van der Waals surface area contributed by atoms with Crippen LogP contribution in [0.25, 0.3) is 90.9 Å². The van der Waals surface area contributed by atoms with Crippen molar-refractivity contribution < 1.29 is 19.2 Å². The zero-order valence-electron chi connectivity index (χ0n) is 50.9. The standard InChI is InChI=1S/C76H61N8O8/c1-5-81-41-33-57(34-42-81)89-73(85)53-17-9-49(10-18-53)69-61-25-27-63(77-61)70(50-11-19-54(20-12-50)74(86)90-58-35-43-82(6-2)44-36-58)65-29-31-67(79-65)72(52-15-23-56(24-16-52)76(88)92-60-39-47-84(8-4)48-40-60)68-32-30-66(80-68)71(64-28-26-62(69)78-64)51-13-21-55(22-14-51)75(87)91-59-37-45-83(7-3)46-38-59/h9-48H,5-8H2,1-4H3,(H-,77,78,79,80,85,86,87,88)/q+3/p+1. The number of carbonyl (C=O) groups is 4. The van der Waals surface area contributed by atoms with Gasteiger partial charge in [-0.2, -0.15) is 0 Å². The van der Waals surface area contributed by atoms with Gasteiger partial charge in [0.05, 0.1) is 42.0 Å².